The maximum absolute atomic E-state index is 12.4. The fraction of sp³-hybridized carbons (Fsp3) is 0.444. The lowest BCUT2D eigenvalue weighted by Crippen LogP contribution is -2.30. The summed E-state index contributed by atoms with van der Waals surface area (Å²) in [5.41, 5.74) is 7.01. The quantitative estimate of drug-likeness (QED) is 0.499. The van der Waals surface area contributed by atoms with Crippen molar-refractivity contribution in [2.45, 2.75) is 32.1 Å². The lowest BCUT2D eigenvalue weighted by molar-refractivity contribution is 0.0942. The van der Waals surface area contributed by atoms with Crippen LogP contribution in [0.1, 0.15) is 42.5 Å². The lowest BCUT2D eigenvalue weighted by atomic mass is 9.89. The van der Waals surface area contributed by atoms with Crippen LogP contribution in [0.4, 0.5) is 11.8 Å². The number of carbonyl (C=O) groups is 1. The Bertz CT molecular complexity index is 1140. The molecule has 0 saturated heterocycles. The molecule has 1 aromatic heterocycles. The third-order valence-electron chi connectivity index (χ3n) is 6.23. The molecular weight excluding hydrogens is 458 g/mol. The number of methoxy groups -OCH3 is 3. The number of rotatable bonds is 7. The third kappa shape index (κ3) is 6.68. The first kappa shape index (κ1) is 26.8. The van der Waals surface area contributed by atoms with Gasteiger partial charge in [0.1, 0.15) is 5.82 Å². The monoisotopic (exact) mass is 495 g/mol. The first-order chi connectivity index (χ1) is 17.4. The Hall–Kier alpha value is -3.75. The number of nitrogen functional groups attached to an aromatic ring is 1. The van der Waals surface area contributed by atoms with Crippen LogP contribution in [-0.4, -0.2) is 57.8 Å². The molecule has 1 heterocycles. The van der Waals surface area contributed by atoms with Crippen molar-refractivity contribution in [3.8, 4) is 17.2 Å². The molecule has 4 rings (SSSR count). The first-order valence-corrected chi connectivity index (χ1v) is 12.2. The minimum atomic E-state index is -0.107. The average molecular weight is 496 g/mol. The summed E-state index contributed by atoms with van der Waals surface area (Å²) in [7, 11) is 8.51. The SMILES string of the molecule is CN(C)c1nc(N)nc2ccccc12.COc1cc(C(=O)NCC2CCCCC2)cc(OC)c1OC. The molecule has 1 saturated carbocycles. The molecule has 9 heteroatoms. The molecule has 3 N–H and O–H groups in total. The van der Waals surface area contributed by atoms with Crippen molar-refractivity contribution >= 4 is 28.6 Å². The molecule has 0 spiro atoms. The summed E-state index contributed by atoms with van der Waals surface area (Å²) in [5, 5.41) is 4.04. The van der Waals surface area contributed by atoms with Gasteiger partial charge in [0.2, 0.25) is 11.7 Å². The van der Waals surface area contributed by atoms with Gasteiger partial charge in [0, 0.05) is 31.6 Å². The van der Waals surface area contributed by atoms with Gasteiger partial charge < -0.3 is 30.2 Å². The summed E-state index contributed by atoms with van der Waals surface area (Å²) >= 11 is 0. The number of nitrogens with one attached hydrogen (secondary N) is 1. The van der Waals surface area contributed by atoms with E-state index < -0.39 is 0 Å². The van der Waals surface area contributed by atoms with Gasteiger partial charge in [-0.3, -0.25) is 4.79 Å². The molecule has 194 valence electrons. The van der Waals surface area contributed by atoms with Gasteiger partial charge in [0.05, 0.1) is 26.8 Å². The van der Waals surface area contributed by atoms with E-state index in [-0.39, 0.29) is 5.91 Å². The van der Waals surface area contributed by atoms with Gasteiger partial charge in [-0.25, -0.2) is 4.98 Å². The highest BCUT2D eigenvalue weighted by molar-refractivity contribution is 5.95. The number of ether oxygens (including phenoxy) is 3. The standard InChI is InChI=1S/C17H25NO4.C10H12N4/c1-20-14-9-13(10-15(21-2)16(14)22-3)17(19)18-11-12-7-5-4-6-8-12;1-14(2)9-7-5-3-4-6-8(7)12-10(11)13-9/h9-10,12H,4-8,11H2,1-3H3,(H,18,19);3-6H,1-2H3,(H2,11,12,13). The van der Waals surface area contributed by atoms with E-state index in [9.17, 15) is 4.79 Å². The molecule has 0 atom stereocenters. The van der Waals surface area contributed by atoms with Gasteiger partial charge in [0.25, 0.3) is 5.91 Å². The number of aromatic nitrogens is 2. The molecule has 0 radical (unpaired) electrons. The first-order valence-electron chi connectivity index (χ1n) is 12.2. The van der Waals surface area contributed by atoms with Crippen LogP contribution in [0, 0.1) is 5.92 Å². The van der Waals surface area contributed by atoms with Gasteiger partial charge in [-0.15, -0.1) is 0 Å². The molecule has 1 fully saturated rings. The number of benzene rings is 2. The molecule has 36 heavy (non-hydrogen) atoms. The van der Waals surface area contributed by atoms with Crippen LogP contribution in [-0.2, 0) is 0 Å². The predicted molar refractivity (Wildman–Crippen MR) is 143 cm³/mol. The highest BCUT2D eigenvalue weighted by atomic mass is 16.5. The zero-order chi connectivity index (χ0) is 26.1. The normalized spacial score (nSPS) is 13.4. The van der Waals surface area contributed by atoms with E-state index in [1.807, 2.05) is 43.3 Å². The summed E-state index contributed by atoms with van der Waals surface area (Å²) < 4.78 is 15.8. The van der Waals surface area contributed by atoms with Gasteiger partial charge in [0.15, 0.2) is 11.5 Å². The van der Waals surface area contributed by atoms with Crippen LogP contribution in [0.15, 0.2) is 36.4 Å². The second-order valence-corrected chi connectivity index (χ2v) is 8.95. The molecular formula is C27H37N5O4. The Kier molecular flexibility index (Phi) is 9.55. The van der Waals surface area contributed by atoms with Gasteiger partial charge in [-0.05, 0) is 43.0 Å². The number of fused-ring (bicyclic) bond motifs is 1. The van der Waals surface area contributed by atoms with E-state index in [1.165, 1.54) is 32.1 Å². The molecule has 2 aromatic carbocycles. The van der Waals surface area contributed by atoms with Crippen molar-refractivity contribution < 1.29 is 19.0 Å². The van der Waals surface area contributed by atoms with Crippen molar-refractivity contribution in [2.24, 2.45) is 5.92 Å². The van der Waals surface area contributed by atoms with Crippen LogP contribution in [0.3, 0.4) is 0 Å². The van der Waals surface area contributed by atoms with E-state index in [2.05, 4.69) is 15.3 Å². The smallest absolute Gasteiger partial charge is 0.251 e. The Morgan fingerprint density at radius 2 is 1.64 bits per heavy atom. The van der Waals surface area contributed by atoms with Crippen LogP contribution in [0.25, 0.3) is 10.9 Å². The average Bonchev–Trinajstić information content (AvgIpc) is 2.91. The van der Waals surface area contributed by atoms with Crippen molar-refractivity contribution in [1.82, 2.24) is 15.3 Å². The summed E-state index contributed by atoms with van der Waals surface area (Å²) in [4.78, 5) is 22.6. The summed E-state index contributed by atoms with van der Waals surface area (Å²) in [5.74, 6) is 3.13. The second kappa shape index (κ2) is 12.8. The van der Waals surface area contributed by atoms with E-state index in [0.717, 1.165) is 23.3 Å². The molecule has 1 aliphatic carbocycles. The molecule has 0 unspecified atom stereocenters. The Morgan fingerprint density at radius 1 is 1.00 bits per heavy atom. The molecule has 3 aromatic rings. The molecule has 0 bridgehead atoms. The zero-order valence-electron chi connectivity index (χ0n) is 21.8. The summed E-state index contributed by atoms with van der Waals surface area (Å²) in [6.45, 7) is 0.732. The van der Waals surface area contributed by atoms with Crippen molar-refractivity contribution in [1.29, 1.82) is 0 Å². The van der Waals surface area contributed by atoms with E-state index >= 15 is 0 Å². The minimum absolute atomic E-state index is 0.107. The van der Waals surface area contributed by atoms with E-state index in [4.69, 9.17) is 19.9 Å². The third-order valence-corrected chi connectivity index (χ3v) is 6.23. The summed E-state index contributed by atoms with van der Waals surface area (Å²) in [6, 6.07) is 11.2. The topological polar surface area (TPSA) is 112 Å². The number of anilines is 2. The Morgan fingerprint density at radius 3 is 2.22 bits per heavy atom. The lowest BCUT2D eigenvalue weighted by Gasteiger charge is -2.22. The predicted octanol–water partition coefficient (Wildman–Crippen LogP) is 4.30. The molecule has 0 aliphatic heterocycles. The number of hydrogen-bond donors (Lipinski definition) is 2. The van der Waals surface area contributed by atoms with E-state index in [0.29, 0.717) is 34.7 Å². The number of nitrogens with two attached hydrogens (primary N) is 1. The fourth-order valence-electron chi connectivity index (χ4n) is 4.36. The van der Waals surface area contributed by atoms with Crippen LogP contribution >= 0.6 is 0 Å². The summed E-state index contributed by atoms with van der Waals surface area (Å²) in [6.07, 6.45) is 6.26. The van der Waals surface area contributed by atoms with Crippen molar-refractivity contribution in [3.05, 3.63) is 42.0 Å². The van der Waals surface area contributed by atoms with Gasteiger partial charge in [-0.1, -0.05) is 31.4 Å². The molecule has 1 aliphatic rings. The molecule has 9 nitrogen and oxygen atoms in total. The molecule has 1 amide bonds. The highest BCUT2D eigenvalue weighted by Crippen LogP contribution is 2.38. The maximum atomic E-state index is 12.4. The van der Waals surface area contributed by atoms with Crippen molar-refractivity contribution in [2.75, 3.05) is 52.6 Å². The number of nitrogens with zero attached hydrogens (tertiary/aromatic N) is 3. The second-order valence-electron chi connectivity index (χ2n) is 8.95. The Labute approximate surface area is 213 Å². The van der Waals surface area contributed by atoms with Gasteiger partial charge in [-0.2, -0.15) is 4.98 Å². The number of para-hydroxylation sites is 1. The zero-order valence-corrected chi connectivity index (χ0v) is 21.8. The fourth-order valence-corrected chi connectivity index (χ4v) is 4.36. The van der Waals surface area contributed by atoms with E-state index in [1.54, 1.807) is 33.5 Å². The van der Waals surface area contributed by atoms with Crippen LogP contribution in [0.5, 0.6) is 17.2 Å². The van der Waals surface area contributed by atoms with Crippen LogP contribution < -0.4 is 30.2 Å². The minimum Gasteiger partial charge on any atom is -0.493 e. The highest BCUT2D eigenvalue weighted by Gasteiger charge is 2.19. The van der Waals surface area contributed by atoms with Crippen molar-refractivity contribution in [3.63, 3.8) is 0 Å². The number of hydrogen-bond acceptors (Lipinski definition) is 8. The van der Waals surface area contributed by atoms with Gasteiger partial charge >= 0.3 is 0 Å². The van der Waals surface area contributed by atoms with Crippen LogP contribution in [0.2, 0.25) is 0 Å². The number of amides is 1. The Balaban J connectivity index is 0.000000221. The maximum Gasteiger partial charge on any atom is 0.251 e. The largest absolute Gasteiger partial charge is 0.493 e. The number of carbonyl (C=O) groups excluding carboxylic acids is 1.